The van der Waals surface area contributed by atoms with Gasteiger partial charge >= 0.3 is 0 Å². The quantitative estimate of drug-likeness (QED) is 0.898. The monoisotopic (exact) mass is 324 g/mol. The van der Waals surface area contributed by atoms with Crippen molar-refractivity contribution in [2.45, 2.75) is 45.2 Å². The Kier molecular flexibility index (Phi) is 6.13. The van der Waals surface area contributed by atoms with E-state index < -0.39 is 0 Å². The van der Waals surface area contributed by atoms with Crippen molar-refractivity contribution in [2.75, 3.05) is 26.7 Å². The average molecular weight is 325 g/mol. The van der Waals surface area contributed by atoms with Crippen molar-refractivity contribution >= 4 is 12.4 Å². The van der Waals surface area contributed by atoms with Crippen molar-refractivity contribution < 1.29 is 4.74 Å². The fourth-order valence-electron chi connectivity index (χ4n) is 3.73. The normalized spacial score (nSPS) is 26.8. The Morgan fingerprint density at radius 1 is 1.27 bits per heavy atom. The summed E-state index contributed by atoms with van der Waals surface area (Å²) < 4.78 is 5.53. The SMILES string of the molecule is COc1ccc(C(C)C)cc1CN[C@@H]1CN2CCC1CC2.Cl. The molecule has 0 spiro atoms. The zero-order chi connectivity index (χ0) is 14.8. The summed E-state index contributed by atoms with van der Waals surface area (Å²) in [5.41, 5.74) is 2.68. The summed E-state index contributed by atoms with van der Waals surface area (Å²) in [6, 6.07) is 7.25. The van der Waals surface area contributed by atoms with E-state index in [0.717, 1.165) is 18.2 Å². The fraction of sp³-hybridized carbons (Fsp3) is 0.667. The van der Waals surface area contributed by atoms with E-state index in [0.29, 0.717) is 12.0 Å². The van der Waals surface area contributed by atoms with Crippen LogP contribution >= 0.6 is 12.4 Å². The maximum absolute atomic E-state index is 5.53. The first-order valence-electron chi connectivity index (χ1n) is 8.30. The molecule has 22 heavy (non-hydrogen) atoms. The summed E-state index contributed by atoms with van der Waals surface area (Å²) in [6.45, 7) is 9.22. The van der Waals surface area contributed by atoms with Crippen LogP contribution in [0.5, 0.6) is 5.75 Å². The van der Waals surface area contributed by atoms with Crippen LogP contribution in [0.1, 0.15) is 43.7 Å². The van der Waals surface area contributed by atoms with Crippen LogP contribution in [0.4, 0.5) is 0 Å². The molecule has 0 radical (unpaired) electrons. The molecule has 2 bridgehead atoms. The van der Waals surface area contributed by atoms with Gasteiger partial charge in [0.05, 0.1) is 7.11 Å². The fourth-order valence-corrected chi connectivity index (χ4v) is 3.73. The van der Waals surface area contributed by atoms with E-state index in [4.69, 9.17) is 4.74 Å². The first-order valence-corrected chi connectivity index (χ1v) is 8.30. The highest BCUT2D eigenvalue weighted by Crippen LogP contribution is 2.29. The van der Waals surface area contributed by atoms with Crippen LogP contribution in [0, 0.1) is 5.92 Å². The summed E-state index contributed by atoms with van der Waals surface area (Å²) in [5.74, 6) is 2.44. The van der Waals surface area contributed by atoms with Gasteiger partial charge in [0.25, 0.3) is 0 Å². The maximum atomic E-state index is 5.53. The lowest BCUT2D eigenvalue weighted by atomic mass is 9.84. The Morgan fingerprint density at radius 2 is 2.00 bits per heavy atom. The number of fused-ring (bicyclic) bond motifs is 3. The van der Waals surface area contributed by atoms with E-state index in [2.05, 4.69) is 42.3 Å². The predicted molar refractivity (Wildman–Crippen MR) is 94.1 cm³/mol. The van der Waals surface area contributed by atoms with Crippen LogP contribution in [0.2, 0.25) is 0 Å². The molecule has 3 heterocycles. The number of methoxy groups -OCH3 is 1. The van der Waals surface area contributed by atoms with Gasteiger partial charge in [0.2, 0.25) is 0 Å². The van der Waals surface area contributed by atoms with Gasteiger partial charge in [-0.2, -0.15) is 0 Å². The molecule has 1 aromatic rings. The van der Waals surface area contributed by atoms with E-state index in [9.17, 15) is 0 Å². The van der Waals surface area contributed by atoms with Gasteiger partial charge in [-0.3, -0.25) is 0 Å². The molecule has 3 nitrogen and oxygen atoms in total. The Bertz CT molecular complexity index is 484. The van der Waals surface area contributed by atoms with E-state index >= 15 is 0 Å². The molecule has 3 saturated heterocycles. The molecule has 0 saturated carbocycles. The number of halogens is 1. The van der Waals surface area contributed by atoms with Crippen molar-refractivity contribution in [1.29, 1.82) is 0 Å². The van der Waals surface area contributed by atoms with Crippen LogP contribution in [0.25, 0.3) is 0 Å². The van der Waals surface area contributed by atoms with Gasteiger partial charge in [-0.15, -0.1) is 12.4 Å². The topological polar surface area (TPSA) is 24.5 Å². The average Bonchev–Trinajstić information content (AvgIpc) is 2.53. The second-order valence-corrected chi connectivity index (χ2v) is 6.85. The molecule has 1 atom stereocenters. The molecule has 0 aromatic heterocycles. The molecule has 124 valence electrons. The number of rotatable bonds is 5. The summed E-state index contributed by atoms with van der Waals surface area (Å²) in [4.78, 5) is 2.60. The van der Waals surface area contributed by atoms with Gasteiger partial charge in [0, 0.05) is 24.7 Å². The van der Waals surface area contributed by atoms with Crippen LogP contribution in [0.3, 0.4) is 0 Å². The number of nitrogens with zero attached hydrogens (tertiary/aromatic N) is 1. The summed E-state index contributed by atoms with van der Waals surface area (Å²) >= 11 is 0. The third-order valence-electron chi connectivity index (χ3n) is 5.18. The highest BCUT2D eigenvalue weighted by Gasteiger charge is 2.33. The van der Waals surface area contributed by atoms with Gasteiger partial charge < -0.3 is 15.0 Å². The highest BCUT2D eigenvalue weighted by molar-refractivity contribution is 5.85. The minimum atomic E-state index is 0. The van der Waals surface area contributed by atoms with E-state index in [1.54, 1.807) is 7.11 Å². The van der Waals surface area contributed by atoms with Crippen molar-refractivity contribution in [1.82, 2.24) is 10.2 Å². The summed E-state index contributed by atoms with van der Waals surface area (Å²) in [7, 11) is 1.77. The molecule has 1 aromatic carbocycles. The molecule has 0 amide bonds. The standard InChI is InChI=1S/C18H28N2O.ClH/c1-13(2)15-4-5-18(21-3)16(10-15)11-19-17-12-20-8-6-14(17)7-9-20;/h4-5,10,13-14,17,19H,6-9,11-12H2,1-3H3;1H/t17-;/m1./s1. The second-order valence-electron chi connectivity index (χ2n) is 6.85. The van der Waals surface area contributed by atoms with Crippen LogP contribution in [0.15, 0.2) is 18.2 Å². The first-order chi connectivity index (χ1) is 10.2. The lowest BCUT2D eigenvalue weighted by Gasteiger charge is -2.45. The third kappa shape index (κ3) is 3.76. The Morgan fingerprint density at radius 3 is 2.55 bits per heavy atom. The lowest BCUT2D eigenvalue weighted by Crippen LogP contribution is -2.55. The Labute approximate surface area is 140 Å². The summed E-state index contributed by atoms with van der Waals surface area (Å²) in [6.07, 6.45) is 2.72. The molecule has 0 unspecified atom stereocenters. The van der Waals surface area contributed by atoms with Gasteiger partial charge in [-0.05, 0) is 49.4 Å². The molecule has 1 N–H and O–H groups in total. The van der Waals surface area contributed by atoms with Gasteiger partial charge in [-0.1, -0.05) is 26.0 Å². The number of ether oxygens (including phenoxy) is 1. The molecule has 3 fully saturated rings. The van der Waals surface area contributed by atoms with Crippen LogP contribution < -0.4 is 10.1 Å². The molecule has 3 aliphatic rings. The molecular weight excluding hydrogens is 296 g/mol. The second kappa shape index (κ2) is 7.67. The zero-order valence-corrected chi connectivity index (χ0v) is 14.8. The number of benzene rings is 1. The van der Waals surface area contributed by atoms with Crippen molar-refractivity contribution in [3.8, 4) is 5.75 Å². The number of piperidine rings is 3. The van der Waals surface area contributed by atoms with Crippen LogP contribution in [-0.2, 0) is 6.54 Å². The minimum Gasteiger partial charge on any atom is -0.496 e. The third-order valence-corrected chi connectivity index (χ3v) is 5.18. The maximum Gasteiger partial charge on any atom is 0.123 e. The van der Waals surface area contributed by atoms with Crippen molar-refractivity contribution in [3.05, 3.63) is 29.3 Å². The largest absolute Gasteiger partial charge is 0.496 e. The predicted octanol–water partition coefficient (Wildman–Crippen LogP) is 3.42. The molecule has 4 rings (SSSR count). The molecule has 3 aliphatic heterocycles. The van der Waals surface area contributed by atoms with Gasteiger partial charge in [0.15, 0.2) is 0 Å². The van der Waals surface area contributed by atoms with Crippen molar-refractivity contribution in [2.24, 2.45) is 5.92 Å². The molecular formula is C18H29ClN2O. The smallest absolute Gasteiger partial charge is 0.123 e. The van der Waals surface area contributed by atoms with Crippen molar-refractivity contribution in [3.63, 3.8) is 0 Å². The van der Waals surface area contributed by atoms with E-state index in [-0.39, 0.29) is 12.4 Å². The summed E-state index contributed by atoms with van der Waals surface area (Å²) in [5, 5.41) is 3.79. The van der Waals surface area contributed by atoms with Gasteiger partial charge in [-0.25, -0.2) is 0 Å². The molecule has 4 heteroatoms. The minimum absolute atomic E-state index is 0. The van der Waals surface area contributed by atoms with Crippen LogP contribution in [-0.4, -0.2) is 37.7 Å². The zero-order valence-electron chi connectivity index (χ0n) is 14.0. The lowest BCUT2D eigenvalue weighted by molar-refractivity contribution is 0.0719. The van der Waals surface area contributed by atoms with E-state index in [1.807, 2.05) is 0 Å². The highest BCUT2D eigenvalue weighted by atomic mass is 35.5. The first kappa shape index (κ1) is 17.6. The van der Waals surface area contributed by atoms with Gasteiger partial charge in [0.1, 0.15) is 5.75 Å². The Balaban J connectivity index is 0.00000176. The molecule has 0 aliphatic carbocycles. The number of hydrogen-bond acceptors (Lipinski definition) is 3. The Hall–Kier alpha value is -0.770. The number of nitrogens with one attached hydrogen (secondary N) is 1. The van der Waals surface area contributed by atoms with E-state index in [1.165, 1.54) is 43.6 Å². The number of hydrogen-bond donors (Lipinski definition) is 1.